The summed E-state index contributed by atoms with van der Waals surface area (Å²) in [7, 11) is 1.33. The van der Waals surface area contributed by atoms with Crippen LogP contribution in [0, 0.1) is 0 Å². The molecule has 2 amide bonds. The second-order valence-electron chi connectivity index (χ2n) is 9.34. The number of hydrogen-bond acceptors (Lipinski definition) is 7. The summed E-state index contributed by atoms with van der Waals surface area (Å²) in [4.78, 5) is 53.0. The fourth-order valence-electron chi connectivity index (χ4n) is 5.05. The Hall–Kier alpha value is -3.79. The van der Waals surface area contributed by atoms with Gasteiger partial charge in [0.15, 0.2) is 0 Å². The van der Waals surface area contributed by atoms with Gasteiger partial charge in [-0.2, -0.15) is 4.98 Å². The van der Waals surface area contributed by atoms with Crippen LogP contribution in [0.4, 0.5) is 11.6 Å². The predicted octanol–water partition coefficient (Wildman–Crippen LogP) is 3.11. The van der Waals surface area contributed by atoms with E-state index in [9.17, 15) is 14.4 Å². The molecule has 0 radical (unpaired) electrons. The average molecular weight is 491 g/mol. The third kappa shape index (κ3) is 4.94. The standard InChI is InChI=1S/C26H30N6O4/c1-36-30-25(35)21-16-32(19-5-2-3-6-19)24-20(23(21)34)15-27-26(29-24)28-18-10-8-17(9-11-18)12-14-31-13-4-7-22(31)33/h8-11,15-16,19H,2-7,12-14H2,1H3,(H,30,35)(H,27,28,29). The van der Waals surface area contributed by atoms with E-state index in [1.54, 1.807) is 6.20 Å². The molecule has 0 spiro atoms. The molecule has 3 heterocycles. The highest BCUT2D eigenvalue weighted by atomic mass is 16.6. The molecule has 0 atom stereocenters. The van der Waals surface area contributed by atoms with Crippen molar-refractivity contribution in [3.8, 4) is 0 Å². The Kier molecular flexibility index (Phi) is 6.95. The van der Waals surface area contributed by atoms with Gasteiger partial charge in [-0.3, -0.25) is 19.2 Å². The van der Waals surface area contributed by atoms with Gasteiger partial charge in [0.05, 0.1) is 12.5 Å². The van der Waals surface area contributed by atoms with E-state index in [0.717, 1.165) is 62.9 Å². The molecule has 188 valence electrons. The number of fused-ring (bicyclic) bond motifs is 1. The van der Waals surface area contributed by atoms with Crippen molar-refractivity contribution < 1.29 is 14.4 Å². The van der Waals surface area contributed by atoms with E-state index >= 15 is 0 Å². The number of benzene rings is 1. The lowest BCUT2D eigenvalue weighted by molar-refractivity contribution is -0.127. The number of nitrogens with zero attached hydrogens (tertiary/aromatic N) is 4. The lowest BCUT2D eigenvalue weighted by Gasteiger charge is -2.18. The first kappa shape index (κ1) is 23.9. The van der Waals surface area contributed by atoms with Gasteiger partial charge in [-0.05, 0) is 43.4 Å². The molecule has 1 saturated heterocycles. The summed E-state index contributed by atoms with van der Waals surface area (Å²) >= 11 is 0. The average Bonchev–Trinajstić information content (AvgIpc) is 3.56. The van der Waals surface area contributed by atoms with E-state index in [4.69, 9.17) is 4.84 Å². The van der Waals surface area contributed by atoms with E-state index in [1.807, 2.05) is 33.7 Å². The van der Waals surface area contributed by atoms with Crippen LogP contribution in [0.2, 0.25) is 0 Å². The number of anilines is 2. The molecule has 3 aromatic rings. The first-order valence-corrected chi connectivity index (χ1v) is 12.4. The Morgan fingerprint density at radius 1 is 1.14 bits per heavy atom. The van der Waals surface area contributed by atoms with Crippen molar-refractivity contribution in [1.82, 2.24) is 24.9 Å². The normalized spacial score (nSPS) is 16.1. The Morgan fingerprint density at radius 2 is 1.92 bits per heavy atom. The van der Waals surface area contributed by atoms with Crippen LogP contribution in [-0.2, 0) is 16.1 Å². The molecule has 1 aliphatic heterocycles. The Morgan fingerprint density at radius 3 is 2.61 bits per heavy atom. The maximum atomic E-state index is 13.0. The summed E-state index contributed by atoms with van der Waals surface area (Å²) in [5.41, 5.74) is 4.29. The molecule has 2 fully saturated rings. The third-order valence-electron chi connectivity index (χ3n) is 6.98. The summed E-state index contributed by atoms with van der Waals surface area (Å²) in [5.74, 6) is 0.0231. The van der Waals surface area contributed by atoms with E-state index < -0.39 is 11.3 Å². The fraction of sp³-hybridized carbons (Fsp3) is 0.423. The topological polar surface area (TPSA) is 118 Å². The molecule has 2 aromatic heterocycles. The summed E-state index contributed by atoms with van der Waals surface area (Å²) in [6.07, 6.45) is 9.58. The molecule has 1 aromatic carbocycles. The van der Waals surface area contributed by atoms with Gasteiger partial charge in [0.25, 0.3) is 5.91 Å². The lowest BCUT2D eigenvalue weighted by Crippen LogP contribution is -2.30. The molecule has 36 heavy (non-hydrogen) atoms. The quantitative estimate of drug-likeness (QED) is 0.466. The monoisotopic (exact) mass is 490 g/mol. The van der Waals surface area contributed by atoms with Crippen molar-refractivity contribution in [2.75, 3.05) is 25.5 Å². The van der Waals surface area contributed by atoms with Gasteiger partial charge >= 0.3 is 0 Å². The maximum Gasteiger partial charge on any atom is 0.280 e. The number of hydroxylamine groups is 1. The number of carbonyl (C=O) groups is 2. The predicted molar refractivity (Wildman–Crippen MR) is 135 cm³/mol. The summed E-state index contributed by atoms with van der Waals surface area (Å²) < 4.78 is 1.93. The number of rotatable bonds is 8. The minimum absolute atomic E-state index is 0.00628. The zero-order chi connectivity index (χ0) is 25.1. The first-order valence-electron chi connectivity index (χ1n) is 12.4. The molecule has 2 aliphatic rings. The van der Waals surface area contributed by atoms with Crippen LogP contribution in [0.15, 0.2) is 41.5 Å². The number of aromatic nitrogens is 3. The first-order chi connectivity index (χ1) is 17.5. The van der Waals surface area contributed by atoms with Crippen LogP contribution in [0.25, 0.3) is 11.0 Å². The van der Waals surface area contributed by atoms with E-state index in [0.29, 0.717) is 23.4 Å². The zero-order valence-corrected chi connectivity index (χ0v) is 20.3. The number of pyridine rings is 1. The van der Waals surface area contributed by atoms with Crippen molar-refractivity contribution >= 4 is 34.5 Å². The smallest absolute Gasteiger partial charge is 0.280 e. The van der Waals surface area contributed by atoms with Crippen molar-refractivity contribution in [2.45, 2.75) is 51.0 Å². The van der Waals surface area contributed by atoms with Gasteiger partial charge in [-0.15, -0.1) is 0 Å². The van der Waals surface area contributed by atoms with Crippen LogP contribution in [0.1, 0.15) is 60.5 Å². The van der Waals surface area contributed by atoms with Crippen molar-refractivity contribution in [3.05, 3.63) is 58.0 Å². The Bertz CT molecular complexity index is 1330. The lowest BCUT2D eigenvalue weighted by atomic mass is 10.1. The maximum absolute atomic E-state index is 13.0. The van der Waals surface area contributed by atoms with E-state index in [-0.39, 0.29) is 17.5 Å². The molecule has 5 rings (SSSR count). The van der Waals surface area contributed by atoms with Gasteiger partial charge in [0.2, 0.25) is 17.3 Å². The van der Waals surface area contributed by atoms with Crippen LogP contribution >= 0.6 is 0 Å². The highest BCUT2D eigenvalue weighted by molar-refractivity contribution is 5.96. The molecule has 0 unspecified atom stereocenters. The largest absolute Gasteiger partial charge is 0.342 e. The second-order valence-corrected chi connectivity index (χ2v) is 9.34. The highest BCUT2D eigenvalue weighted by Gasteiger charge is 2.24. The molecule has 1 saturated carbocycles. The second kappa shape index (κ2) is 10.4. The van der Waals surface area contributed by atoms with Crippen molar-refractivity contribution in [2.24, 2.45) is 0 Å². The minimum atomic E-state index is -0.590. The summed E-state index contributed by atoms with van der Waals surface area (Å²) in [6, 6.07) is 8.12. The molecular weight excluding hydrogens is 460 g/mol. The number of carbonyl (C=O) groups excluding carboxylic acids is 2. The number of nitrogens with one attached hydrogen (secondary N) is 2. The number of amides is 2. The highest BCUT2D eigenvalue weighted by Crippen LogP contribution is 2.31. The molecule has 2 N–H and O–H groups in total. The molecular formula is C26H30N6O4. The van der Waals surface area contributed by atoms with Gasteiger partial charge in [0.1, 0.15) is 11.2 Å². The van der Waals surface area contributed by atoms with Crippen molar-refractivity contribution in [3.63, 3.8) is 0 Å². The van der Waals surface area contributed by atoms with E-state index in [2.05, 4.69) is 20.8 Å². The van der Waals surface area contributed by atoms with Gasteiger partial charge < -0.3 is 14.8 Å². The SMILES string of the molecule is CONC(=O)c1cn(C2CCCC2)c2nc(Nc3ccc(CCN4CCCC4=O)cc3)ncc2c1=O. The van der Waals surface area contributed by atoms with E-state index in [1.165, 1.54) is 13.3 Å². The van der Waals surface area contributed by atoms with Crippen molar-refractivity contribution in [1.29, 1.82) is 0 Å². The summed E-state index contributed by atoms with van der Waals surface area (Å²) in [6.45, 7) is 1.59. The fourth-order valence-corrected chi connectivity index (χ4v) is 5.05. The Balaban J connectivity index is 1.39. The zero-order valence-electron chi connectivity index (χ0n) is 20.3. The molecule has 1 aliphatic carbocycles. The molecule has 0 bridgehead atoms. The molecule has 10 nitrogen and oxygen atoms in total. The molecule has 10 heteroatoms. The Labute approximate surface area is 208 Å². The third-order valence-corrected chi connectivity index (χ3v) is 6.98. The van der Waals surface area contributed by atoms with Crippen LogP contribution in [0.3, 0.4) is 0 Å². The van der Waals surface area contributed by atoms with Crippen LogP contribution < -0.4 is 16.2 Å². The van der Waals surface area contributed by atoms with Crippen LogP contribution in [-0.4, -0.2) is 51.4 Å². The van der Waals surface area contributed by atoms with Crippen LogP contribution in [0.5, 0.6) is 0 Å². The van der Waals surface area contributed by atoms with Gasteiger partial charge in [-0.1, -0.05) is 25.0 Å². The number of hydrogen-bond donors (Lipinski definition) is 2. The number of likely N-dealkylation sites (tertiary alicyclic amines) is 1. The van der Waals surface area contributed by atoms with Gasteiger partial charge in [0, 0.05) is 43.6 Å². The van der Waals surface area contributed by atoms with Gasteiger partial charge in [-0.25, -0.2) is 10.5 Å². The minimum Gasteiger partial charge on any atom is -0.342 e. The summed E-state index contributed by atoms with van der Waals surface area (Å²) in [5, 5.41) is 3.52.